The molecule has 702 valence electrons. The number of aromatic amines is 1. The number of ether oxygens (including phenoxy) is 3. The van der Waals surface area contributed by atoms with Gasteiger partial charge in [0.15, 0.2) is 0 Å². The van der Waals surface area contributed by atoms with Gasteiger partial charge in [0.1, 0.15) is 57.9 Å². The number of carbonyl (C=O) groups excluding carboxylic acids is 4. The molecule has 1 aliphatic carbocycles. The quantitative estimate of drug-likeness (QED) is 0.0383. The molecular formula is C110H122BrCl3N13O7S+. The summed E-state index contributed by atoms with van der Waals surface area (Å²) in [5.41, 5.74) is 18.0. The van der Waals surface area contributed by atoms with Crippen molar-refractivity contribution in [2.24, 2.45) is 13.0 Å². The van der Waals surface area contributed by atoms with E-state index >= 15 is 0 Å². The number of aryl methyl sites for hydroxylation is 4. The average molecular weight is 1960 g/mol. The fraction of sp³-hybridized carbons (Fsp3) is 0.345. The molecule has 1 saturated carbocycles. The number of aromatic nitrogens is 10. The second kappa shape index (κ2) is 49.6. The van der Waals surface area contributed by atoms with Gasteiger partial charge in [0.2, 0.25) is 0 Å². The lowest BCUT2D eigenvalue weighted by Crippen LogP contribution is -2.33. The lowest BCUT2D eigenvalue weighted by Gasteiger charge is -2.22. The zero-order valence-electron chi connectivity index (χ0n) is 78.4. The highest BCUT2D eigenvalue weighted by molar-refractivity contribution is 9.10. The van der Waals surface area contributed by atoms with E-state index in [2.05, 4.69) is 136 Å². The molecule has 0 atom stereocenters. The molecule has 3 aliphatic heterocycles. The molecule has 0 spiro atoms. The number of benzene rings is 8. The minimum absolute atomic E-state index is 0.0184. The number of fused-ring (bicyclic) bond motifs is 3. The van der Waals surface area contributed by atoms with Crippen LogP contribution in [0.1, 0.15) is 202 Å². The Hall–Kier alpha value is -11.8. The topological polar surface area (TPSA) is 213 Å². The molecule has 4 aliphatic rings. The van der Waals surface area contributed by atoms with Crippen molar-refractivity contribution in [1.82, 2.24) is 58.7 Å². The Labute approximate surface area is 821 Å². The van der Waals surface area contributed by atoms with Crippen molar-refractivity contribution < 1.29 is 38.0 Å². The number of H-pyrrole nitrogens is 1. The summed E-state index contributed by atoms with van der Waals surface area (Å²) in [6.07, 6.45) is 27.4. The maximum absolute atomic E-state index is 13.7. The number of pyridine rings is 1. The number of para-hydroxylation sites is 1. The van der Waals surface area contributed by atoms with Crippen LogP contribution in [0.25, 0.3) is 56.8 Å². The molecule has 0 unspecified atom stereocenters. The van der Waals surface area contributed by atoms with Crippen LogP contribution in [-0.2, 0) is 101 Å². The molecule has 18 rings (SSSR count). The molecule has 25 heteroatoms. The number of thiazole rings is 1. The minimum Gasteiger partial charge on any atom is -0.497 e. The number of hydrogen-bond donors (Lipinski definition) is 2. The lowest BCUT2D eigenvalue weighted by atomic mass is 9.87. The summed E-state index contributed by atoms with van der Waals surface area (Å²) >= 11 is 23.5. The second-order valence-electron chi connectivity index (χ2n) is 34.6. The van der Waals surface area contributed by atoms with Crippen molar-refractivity contribution in [3.63, 3.8) is 0 Å². The van der Waals surface area contributed by atoms with E-state index < -0.39 is 0 Å². The van der Waals surface area contributed by atoms with Crippen LogP contribution in [0.15, 0.2) is 235 Å². The molecular weight excluding hydrogens is 1830 g/mol. The number of esters is 1. The Balaban J connectivity index is 0.000000136. The fourth-order valence-corrected chi connectivity index (χ4v) is 20.1. The molecule has 20 nitrogen and oxygen atoms in total. The molecule has 0 bridgehead atoms. The highest BCUT2D eigenvalue weighted by atomic mass is 79.9. The number of nitrogens with zero attached hydrogens (tertiary/aromatic N) is 11. The second-order valence-corrected chi connectivity index (χ2v) is 38.0. The lowest BCUT2D eigenvalue weighted by molar-refractivity contribution is -0.666. The zero-order valence-corrected chi connectivity index (χ0v) is 83.1. The number of methoxy groups -OCH3 is 3. The van der Waals surface area contributed by atoms with Gasteiger partial charge < -0.3 is 43.0 Å². The Morgan fingerprint density at radius 1 is 0.526 bits per heavy atom. The van der Waals surface area contributed by atoms with Crippen LogP contribution < -0.4 is 19.4 Å². The van der Waals surface area contributed by atoms with Crippen molar-refractivity contribution >= 4 is 85.8 Å². The molecule has 135 heavy (non-hydrogen) atoms. The Kier molecular flexibility index (Phi) is 36.5. The predicted molar refractivity (Wildman–Crippen MR) is 545 cm³/mol. The maximum Gasteiger partial charge on any atom is 0.305 e. The Bertz CT molecular complexity index is 6230. The molecule has 6 aromatic heterocycles. The highest BCUT2D eigenvalue weighted by Gasteiger charge is 2.32. The van der Waals surface area contributed by atoms with Gasteiger partial charge in [-0.1, -0.05) is 193 Å². The van der Waals surface area contributed by atoms with E-state index in [0.717, 1.165) is 217 Å². The predicted octanol–water partition coefficient (Wildman–Crippen LogP) is 24.9. The Morgan fingerprint density at radius 3 is 1.59 bits per heavy atom. The third-order valence-electron chi connectivity index (χ3n) is 25.4. The van der Waals surface area contributed by atoms with Gasteiger partial charge in [-0.05, 0) is 242 Å². The number of nitrogens with one attached hydrogen (secondary N) is 2. The first kappa shape index (κ1) is 99.2. The van der Waals surface area contributed by atoms with Crippen LogP contribution in [0.2, 0.25) is 15.1 Å². The SMILES string of the molecule is CCN(Cc1cccc(C)c1)C(=O)c1nc(-c2ccc(Cl)cc2)n2c1CCCCC2.CCN(Cc1ccccc1OC)C(=O)c1nc(-c2ccc(Cl)cc2)n2c1CCCCC2.COC(=O)CCc1sc(CC2CCCCC2)nc1-c1ccc(OC)cc1.C[n+]1c(CCc2ccccc2)c[nH]c1-c1cccc(Br)c1.O=C(NCc1ccccn1)c1nc(-c2ccc(Cl)cc2)n2c1CCCCC2. The zero-order chi connectivity index (χ0) is 94.5. The number of halogens is 4. The van der Waals surface area contributed by atoms with Gasteiger partial charge in [-0.3, -0.25) is 24.2 Å². The van der Waals surface area contributed by atoms with Gasteiger partial charge in [0.25, 0.3) is 23.5 Å². The monoisotopic (exact) mass is 1950 g/mol. The number of hydrogen-bond acceptors (Lipinski definition) is 13. The Morgan fingerprint density at radius 2 is 1.05 bits per heavy atom. The number of imidazole rings is 4. The summed E-state index contributed by atoms with van der Waals surface area (Å²) in [5.74, 6) is 5.76. The third-order valence-corrected chi connectivity index (χ3v) is 27.8. The van der Waals surface area contributed by atoms with Crippen LogP contribution in [0.4, 0.5) is 0 Å². The first-order valence-corrected chi connectivity index (χ1v) is 50.1. The van der Waals surface area contributed by atoms with Gasteiger partial charge >= 0.3 is 5.97 Å². The third kappa shape index (κ3) is 26.7. The van der Waals surface area contributed by atoms with E-state index in [1.54, 1.807) is 31.8 Å². The van der Waals surface area contributed by atoms with Crippen molar-refractivity contribution in [1.29, 1.82) is 0 Å². The summed E-state index contributed by atoms with van der Waals surface area (Å²) < 4.78 is 25.6. The van der Waals surface area contributed by atoms with Crippen molar-refractivity contribution in [2.45, 2.75) is 201 Å². The van der Waals surface area contributed by atoms with Crippen LogP contribution in [0, 0.1) is 12.8 Å². The largest absolute Gasteiger partial charge is 0.497 e. The van der Waals surface area contributed by atoms with Gasteiger partial charge in [-0.2, -0.15) is 0 Å². The summed E-state index contributed by atoms with van der Waals surface area (Å²) in [6.45, 7) is 11.5. The van der Waals surface area contributed by atoms with Crippen LogP contribution in [-0.4, -0.2) is 112 Å². The summed E-state index contributed by atoms with van der Waals surface area (Å²) in [7, 11) is 6.88. The van der Waals surface area contributed by atoms with Crippen molar-refractivity contribution in [3.8, 4) is 68.3 Å². The van der Waals surface area contributed by atoms with Gasteiger partial charge in [-0.25, -0.2) is 29.5 Å². The highest BCUT2D eigenvalue weighted by Crippen LogP contribution is 2.38. The average Bonchev–Trinajstić information content (AvgIpc) is 1.90. The molecule has 0 saturated heterocycles. The first-order valence-electron chi connectivity index (χ1n) is 47.4. The molecule has 3 amide bonds. The van der Waals surface area contributed by atoms with Crippen LogP contribution in [0.5, 0.6) is 11.5 Å². The van der Waals surface area contributed by atoms with E-state index in [1.165, 1.54) is 77.9 Å². The van der Waals surface area contributed by atoms with Crippen LogP contribution >= 0.6 is 62.1 Å². The van der Waals surface area contributed by atoms with Crippen molar-refractivity contribution in [2.75, 3.05) is 34.4 Å². The van der Waals surface area contributed by atoms with E-state index in [1.807, 2.05) is 175 Å². The molecule has 1 fully saturated rings. The van der Waals surface area contributed by atoms with E-state index in [-0.39, 0.29) is 23.7 Å². The fourth-order valence-electron chi connectivity index (χ4n) is 18.1. The van der Waals surface area contributed by atoms with Gasteiger partial charge in [0.05, 0.1) is 80.4 Å². The van der Waals surface area contributed by atoms with E-state index in [0.29, 0.717) is 77.7 Å². The first-order chi connectivity index (χ1) is 65.8. The maximum atomic E-state index is 13.7. The van der Waals surface area contributed by atoms with E-state index in [9.17, 15) is 19.2 Å². The summed E-state index contributed by atoms with van der Waals surface area (Å²) in [4.78, 5) is 83.7. The van der Waals surface area contributed by atoms with Gasteiger partial charge in [-0.15, -0.1) is 11.3 Å². The number of amides is 3. The molecule has 9 heterocycles. The van der Waals surface area contributed by atoms with Crippen LogP contribution in [0.3, 0.4) is 0 Å². The standard InChI is InChI=1S/C25H28ClN3O2.C25H28ClN3O.C21H21ClN4O.C21H27NO3S.C18H17BrN2/c1-3-28(17-19-9-6-7-11-22(19)31-2)25(30)23-21-10-5-4-8-16-29(21)24(27-23)18-12-14-20(26)15-13-18;1-3-28(17-19-9-7-8-18(2)16-19)25(30)23-22-10-5-4-6-15-29(22)24(27-23)20-11-13-21(26)14-12-20;22-16-10-8-15(9-11-16)20-25-19(18-7-2-1-5-13-26(18)20)21(27)24-14-17-6-3-4-12-23-17;1-24-17-10-8-16(9-11-17)21-18(12-13-20(23)25-2)26-19(22-21)14-15-6-4-3-5-7-15;1-21-17(11-10-14-6-3-2-4-7-14)13-20-18(21)15-8-5-9-16(19)12-15/h6-7,9,11-15H,3-5,8,10,16-17H2,1-2H3;7-9,11-14,16H,3-6,10,15,17H2,1-2H3;3-4,6,8-12H,1-2,5,7,13-14H2,(H,24,27);8-11,15H,3-7,12-14H2,1-2H3;2-9,12-13H,10-11H2,1H3/p+1. The minimum atomic E-state index is -0.173. The molecule has 0 radical (unpaired) electrons. The van der Waals surface area contributed by atoms with Gasteiger partial charge in [0, 0.05) is 117 Å². The molecule has 2 N–H and O–H groups in total. The number of rotatable bonds is 26. The molecule has 14 aromatic rings. The normalized spacial score (nSPS) is 13.4. The summed E-state index contributed by atoms with van der Waals surface area (Å²) in [5, 5.41) is 6.24. The number of carbonyl (C=O) groups is 4. The smallest absolute Gasteiger partial charge is 0.305 e. The van der Waals surface area contributed by atoms with Crippen molar-refractivity contribution in [3.05, 3.63) is 328 Å². The summed E-state index contributed by atoms with van der Waals surface area (Å²) in [6, 6.07) is 71.9. The van der Waals surface area contributed by atoms with E-state index in [4.69, 9.17) is 68.9 Å². The molecule has 8 aromatic carbocycles.